The third-order valence-corrected chi connectivity index (χ3v) is 5.94. The van der Waals surface area contributed by atoms with Crippen LogP contribution in [0.5, 0.6) is 0 Å². The van der Waals surface area contributed by atoms with Crippen molar-refractivity contribution in [1.82, 2.24) is 14.9 Å². The summed E-state index contributed by atoms with van der Waals surface area (Å²) < 4.78 is 2.14. The third-order valence-electron chi connectivity index (χ3n) is 5.94. The summed E-state index contributed by atoms with van der Waals surface area (Å²) >= 11 is 0. The third kappa shape index (κ3) is 4.48. The average Bonchev–Trinajstić information content (AvgIpc) is 3.19. The molecule has 30 heavy (non-hydrogen) atoms. The molecule has 1 saturated carbocycles. The molecule has 1 aromatic heterocycles. The fraction of sp³-hybridized carbons (Fsp3) is 0.385. The Kier molecular flexibility index (Phi) is 6.63. The van der Waals surface area contributed by atoms with E-state index in [-0.39, 0.29) is 11.9 Å². The molecular weight excluding hydrogens is 370 g/mol. The highest BCUT2D eigenvalue weighted by Gasteiger charge is 2.26. The van der Waals surface area contributed by atoms with Gasteiger partial charge in [-0.2, -0.15) is 0 Å². The van der Waals surface area contributed by atoms with Crippen LogP contribution < -0.4 is 5.32 Å². The number of amides is 1. The van der Waals surface area contributed by atoms with Crippen molar-refractivity contribution in [2.24, 2.45) is 0 Å². The zero-order valence-electron chi connectivity index (χ0n) is 17.8. The molecule has 1 amide bonds. The molecule has 3 aromatic rings. The van der Waals surface area contributed by atoms with Gasteiger partial charge < -0.3 is 9.88 Å². The molecule has 0 atom stereocenters. The molecule has 0 bridgehead atoms. The Hall–Kier alpha value is -2.88. The first-order valence-electron chi connectivity index (χ1n) is 11.3. The van der Waals surface area contributed by atoms with Crippen LogP contribution in [0.3, 0.4) is 0 Å². The maximum Gasteiger partial charge on any atom is 0.270 e. The number of rotatable bonds is 7. The highest BCUT2D eigenvalue weighted by atomic mass is 16.2. The van der Waals surface area contributed by atoms with E-state index in [0.717, 1.165) is 54.9 Å². The normalized spacial score (nSPS) is 14.6. The number of hydrogen-bond donors (Lipinski definition) is 1. The molecule has 1 heterocycles. The number of nitrogens with zero attached hydrogens (tertiary/aromatic N) is 2. The molecule has 1 N–H and O–H groups in total. The molecule has 156 valence electrons. The largest absolute Gasteiger partial charge is 0.348 e. The first-order valence-corrected chi connectivity index (χ1v) is 11.3. The van der Waals surface area contributed by atoms with Crippen molar-refractivity contribution in [3.05, 3.63) is 66.4 Å². The summed E-state index contributed by atoms with van der Waals surface area (Å²) in [4.78, 5) is 18.6. The monoisotopic (exact) mass is 401 g/mol. The highest BCUT2D eigenvalue weighted by molar-refractivity contribution is 5.99. The van der Waals surface area contributed by atoms with Crippen LogP contribution in [0, 0.1) is 0 Å². The molecule has 1 aliphatic carbocycles. The molecule has 2 aromatic carbocycles. The number of carbonyl (C=O) groups excluding carboxylic acids is 1. The van der Waals surface area contributed by atoms with E-state index in [1.54, 1.807) is 0 Å². The van der Waals surface area contributed by atoms with Gasteiger partial charge in [0.25, 0.3) is 5.91 Å². The van der Waals surface area contributed by atoms with E-state index in [1.807, 2.05) is 48.5 Å². The van der Waals surface area contributed by atoms with Gasteiger partial charge in [-0.3, -0.25) is 4.79 Å². The standard InChI is InChI=1S/C26H31N3O/c1-2-3-19-29-24(26(30)27-22-17-11-6-12-18-22)23(20-13-7-4-8-14-20)28-25(29)21-15-9-5-10-16-21/h4-5,7-10,13-16,22H,2-3,6,11-12,17-19H2,1H3,(H,27,30). The second kappa shape index (κ2) is 9.75. The molecule has 4 nitrogen and oxygen atoms in total. The van der Waals surface area contributed by atoms with Crippen LogP contribution >= 0.6 is 0 Å². The summed E-state index contributed by atoms with van der Waals surface area (Å²) in [5, 5.41) is 3.33. The SMILES string of the molecule is CCCCn1c(-c2ccccc2)nc(-c2ccccc2)c1C(=O)NC1CCCCC1. The van der Waals surface area contributed by atoms with E-state index < -0.39 is 0 Å². The van der Waals surface area contributed by atoms with Crippen LogP contribution in [0.2, 0.25) is 0 Å². The summed E-state index contributed by atoms with van der Waals surface area (Å²) in [7, 11) is 0. The number of unbranched alkanes of at least 4 members (excludes halogenated alkanes) is 1. The van der Waals surface area contributed by atoms with Gasteiger partial charge in [-0.15, -0.1) is 0 Å². The van der Waals surface area contributed by atoms with Gasteiger partial charge in [0.05, 0.1) is 0 Å². The predicted octanol–water partition coefficient (Wildman–Crippen LogP) is 6.08. The fourth-order valence-electron chi connectivity index (χ4n) is 4.32. The average molecular weight is 402 g/mol. The fourth-order valence-corrected chi connectivity index (χ4v) is 4.32. The molecule has 1 aliphatic rings. The minimum absolute atomic E-state index is 0.00605. The Labute approximate surface area is 179 Å². The number of hydrogen-bond acceptors (Lipinski definition) is 2. The van der Waals surface area contributed by atoms with Gasteiger partial charge in [0.1, 0.15) is 17.2 Å². The van der Waals surface area contributed by atoms with Crippen LogP contribution in [0.25, 0.3) is 22.6 Å². The smallest absolute Gasteiger partial charge is 0.270 e. The van der Waals surface area contributed by atoms with Crippen molar-refractivity contribution in [1.29, 1.82) is 0 Å². The summed E-state index contributed by atoms with van der Waals surface area (Å²) in [5.74, 6) is 0.878. The van der Waals surface area contributed by atoms with E-state index >= 15 is 0 Å². The molecule has 1 fully saturated rings. The predicted molar refractivity (Wildman–Crippen MR) is 122 cm³/mol. The lowest BCUT2D eigenvalue weighted by Gasteiger charge is -2.23. The van der Waals surface area contributed by atoms with Crippen LogP contribution in [0.4, 0.5) is 0 Å². The van der Waals surface area contributed by atoms with E-state index in [0.29, 0.717) is 5.69 Å². The van der Waals surface area contributed by atoms with Crippen molar-refractivity contribution < 1.29 is 4.79 Å². The molecule has 0 spiro atoms. The lowest BCUT2D eigenvalue weighted by molar-refractivity contribution is 0.0919. The molecule has 4 rings (SSSR count). The van der Waals surface area contributed by atoms with Gasteiger partial charge in [-0.25, -0.2) is 4.98 Å². The van der Waals surface area contributed by atoms with Crippen molar-refractivity contribution in [3.63, 3.8) is 0 Å². The van der Waals surface area contributed by atoms with E-state index in [4.69, 9.17) is 4.98 Å². The highest BCUT2D eigenvalue weighted by Crippen LogP contribution is 2.30. The molecule has 0 radical (unpaired) electrons. The summed E-state index contributed by atoms with van der Waals surface area (Å²) in [6, 6.07) is 20.6. The van der Waals surface area contributed by atoms with Crippen LogP contribution in [-0.4, -0.2) is 21.5 Å². The first-order chi connectivity index (χ1) is 14.8. The van der Waals surface area contributed by atoms with Gasteiger partial charge >= 0.3 is 0 Å². The minimum atomic E-state index is 0.00605. The number of benzene rings is 2. The molecule has 0 unspecified atom stereocenters. The number of nitrogens with one attached hydrogen (secondary N) is 1. The quantitative estimate of drug-likeness (QED) is 0.521. The van der Waals surface area contributed by atoms with Crippen molar-refractivity contribution in [2.75, 3.05) is 0 Å². The number of aromatic nitrogens is 2. The molecule has 0 saturated heterocycles. The van der Waals surface area contributed by atoms with Crippen LogP contribution in [-0.2, 0) is 6.54 Å². The molecule has 4 heteroatoms. The van der Waals surface area contributed by atoms with Gasteiger partial charge in [0.2, 0.25) is 0 Å². The zero-order valence-corrected chi connectivity index (χ0v) is 17.8. The van der Waals surface area contributed by atoms with Crippen LogP contribution in [0.15, 0.2) is 60.7 Å². The zero-order chi connectivity index (χ0) is 20.8. The number of imidazole rings is 1. The summed E-state index contributed by atoms with van der Waals surface area (Å²) in [6.45, 7) is 2.97. The van der Waals surface area contributed by atoms with Crippen LogP contribution in [0.1, 0.15) is 62.4 Å². The molecular formula is C26H31N3O. The maximum absolute atomic E-state index is 13.6. The van der Waals surface area contributed by atoms with Gasteiger partial charge in [-0.05, 0) is 19.3 Å². The van der Waals surface area contributed by atoms with Gasteiger partial charge in [-0.1, -0.05) is 93.3 Å². The van der Waals surface area contributed by atoms with Crippen molar-refractivity contribution in [2.45, 2.75) is 64.5 Å². The second-order valence-electron chi connectivity index (χ2n) is 8.18. The Morgan fingerprint density at radius 1 is 0.967 bits per heavy atom. The maximum atomic E-state index is 13.6. The van der Waals surface area contributed by atoms with E-state index in [1.165, 1.54) is 19.3 Å². The lowest BCUT2D eigenvalue weighted by atomic mass is 9.95. The lowest BCUT2D eigenvalue weighted by Crippen LogP contribution is -2.37. The van der Waals surface area contributed by atoms with Crippen molar-refractivity contribution >= 4 is 5.91 Å². The van der Waals surface area contributed by atoms with Gasteiger partial charge in [0, 0.05) is 23.7 Å². The first kappa shape index (κ1) is 20.4. The number of carbonyl (C=O) groups is 1. The topological polar surface area (TPSA) is 46.9 Å². The Morgan fingerprint density at radius 3 is 2.23 bits per heavy atom. The van der Waals surface area contributed by atoms with E-state index in [9.17, 15) is 4.79 Å². The van der Waals surface area contributed by atoms with E-state index in [2.05, 4.69) is 28.9 Å². The minimum Gasteiger partial charge on any atom is -0.348 e. The Balaban J connectivity index is 1.81. The summed E-state index contributed by atoms with van der Waals surface area (Å²) in [6.07, 6.45) is 7.88. The Bertz CT molecular complexity index is 957. The Morgan fingerprint density at radius 2 is 1.60 bits per heavy atom. The second-order valence-corrected chi connectivity index (χ2v) is 8.18. The summed E-state index contributed by atoms with van der Waals surface area (Å²) in [5.41, 5.74) is 3.50. The van der Waals surface area contributed by atoms with Gasteiger partial charge in [0.15, 0.2) is 0 Å². The van der Waals surface area contributed by atoms with Crippen molar-refractivity contribution in [3.8, 4) is 22.6 Å². The molecule has 0 aliphatic heterocycles.